The zero-order valence-electron chi connectivity index (χ0n) is 15.0. The highest BCUT2D eigenvalue weighted by Gasteiger charge is 2.27. The van der Waals surface area contributed by atoms with E-state index >= 15 is 0 Å². The van der Waals surface area contributed by atoms with Gasteiger partial charge in [-0.15, -0.1) is 0 Å². The molecule has 2 aromatic carbocycles. The summed E-state index contributed by atoms with van der Waals surface area (Å²) in [6, 6.07) is 19.0. The van der Waals surface area contributed by atoms with Crippen LogP contribution in [-0.4, -0.2) is 31.3 Å². The van der Waals surface area contributed by atoms with Crippen LogP contribution in [0.4, 0.5) is 5.69 Å². The molecule has 0 aliphatic heterocycles. The van der Waals surface area contributed by atoms with Crippen LogP contribution in [0.3, 0.4) is 0 Å². The van der Waals surface area contributed by atoms with Crippen LogP contribution in [0.15, 0.2) is 60.7 Å². The number of rotatable bonds is 5. The van der Waals surface area contributed by atoms with E-state index in [4.69, 9.17) is 0 Å². The van der Waals surface area contributed by atoms with Crippen LogP contribution in [0, 0.1) is 0 Å². The molecule has 5 rings (SSSR count). The van der Waals surface area contributed by atoms with E-state index in [9.17, 15) is 4.79 Å². The molecule has 2 aromatic heterocycles. The van der Waals surface area contributed by atoms with Gasteiger partial charge in [-0.3, -0.25) is 15.0 Å². The van der Waals surface area contributed by atoms with Crippen molar-refractivity contribution in [3.8, 4) is 22.6 Å². The summed E-state index contributed by atoms with van der Waals surface area (Å²) < 4.78 is 0. The van der Waals surface area contributed by atoms with Crippen LogP contribution in [0.25, 0.3) is 22.6 Å². The van der Waals surface area contributed by atoms with Gasteiger partial charge in [0, 0.05) is 22.7 Å². The van der Waals surface area contributed by atoms with E-state index in [1.807, 2.05) is 54.6 Å². The zero-order chi connectivity index (χ0) is 18.9. The molecule has 0 bridgehead atoms. The molecule has 7 nitrogen and oxygen atoms in total. The lowest BCUT2D eigenvalue weighted by Crippen LogP contribution is -2.12. The molecule has 2 heterocycles. The molecule has 1 aliphatic carbocycles. The van der Waals surface area contributed by atoms with Crippen LogP contribution in [0.1, 0.15) is 35.1 Å². The second kappa shape index (κ2) is 6.77. The van der Waals surface area contributed by atoms with E-state index in [1.54, 1.807) is 6.07 Å². The smallest absolute Gasteiger partial charge is 0.273 e. The molecule has 0 atom stereocenters. The monoisotopic (exact) mass is 370 g/mol. The second-order valence-corrected chi connectivity index (χ2v) is 6.88. The van der Waals surface area contributed by atoms with E-state index < -0.39 is 0 Å². The molecule has 1 fully saturated rings. The van der Waals surface area contributed by atoms with E-state index in [2.05, 4.69) is 30.7 Å². The fraction of sp³-hybridized carbons (Fsp3) is 0.143. The van der Waals surface area contributed by atoms with Crippen molar-refractivity contribution in [3.05, 3.63) is 72.2 Å². The molecular formula is C21H18N6O. The van der Waals surface area contributed by atoms with Gasteiger partial charge in [-0.25, -0.2) is 4.98 Å². The molecule has 1 saturated carbocycles. The highest BCUT2D eigenvalue weighted by Crippen LogP contribution is 2.38. The van der Waals surface area contributed by atoms with Gasteiger partial charge < -0.3 is 5.32 Å². The van der Waals surface area contributed by atoms with Gasteiger partial charge in [0.2, 0.25) is 0 Å². The minimum absolute atomic E-state index is 0.239. The molecular weight excluding hydrogens is 352 g/mol. The number of hydrogen-bond acceptors (Lipinski definition) is 4. The summed E-state index contributed by atoms with van der Waals surface area (Å²) in [4.78, 5) is 17.0. The Morgan fingerprint density at radius 1 is 0.929 bits per heavy atom. The van der Waals surface area contributed by atoms with Crippen molar-refractivity contribution in [2.45, 2.75) is 18.8 Å². The number of aromatic nitrogens is 5. The van der Waals surface area contributed by atoms with Crippen molar-refractivity contribution in [1.82, 2.24) is 25.4 Å². The molecule has 0 unspecified atom stereocenters. The Kier molecular flexibility index (Phi) is 3.97. The number of aromatic amines is 2. The maximum absolute atomic E-state index is 12.5. The summed E-state index contributed by atoms with van der Waals surface area (Å²) in [7, 11) is 0. The molecule has 4 aromatic rings. The maximum atomic E-state index is 12.5. The third kappa shape index (κ3) is 3.29. The highest BCUT2D eigenvalue weighted by atomic mass is 16.1. The molecule has 7 heteroatoms. The molecule has 0 spiro atoms. The zero-order valence-corrected chi connectivity index (χ0v) is 15.0. The largest absolute Gasteiger partial charge is 0.321 e. The van der Waals surface area contributed by atoms with Crippen LogP contribution in [0.5, 0.6) is 0 Å². The number of H-pyrrole nitrogens is 2. The van der Waals surface area contributed by atoms with E-state index in [1.165, 1.54) is 12.8 Å². The van der Waals surface area contributed by atoms with Gasteiger partial charge in [-0.2, -0.15) is 10.2 Å². The number of anilines is 1. The lowest BCUT2D eigenvalue weighted by molar-refractivity contribution is 0.102. The number of carbonyl (C=O) groups excluding carboxylic acids is 1. The average molecular weight is 370 g/mol. The lowest BCUT2D eigenvalue weighted by atomic mass is 10.1. The van der Waals surface area contributed by atoms with Crippen LogP contribution in [0.2, 0.25) is 0 Å². The molecule has 1 amide bonds. The van der Waals surface area contributed by atoms with Gasteiger partial charge in [0.05, 0.1) is 5.69 Å². The fourth-order valence-electron chi connectivity index (χ4n) is 3.04. The van der Waals surface area contributed by atoms with Gasteiger partial charge in [0.15, 0.2) is 5.82 Å². The average Bonchev–Trinajstić information content (AvgIpc) is 3.27. The van der Waals surface area contributed by atoms with E-state index in [0.29, 0.717) is 23.1 Å². The summed E-state index contributed by atoms with van der Waals surface area (Å²) in [6.45, 7) is 0. The van der Waals surface area contributed by atoms with Crippen LogP contribution in [-0.2, 0) is 0 Å². The van der Waals surface area contributed by atoms with Crippen LogP contribution >= 0.6 is 0 Å². The second-order valence-electron chi connectivity index (χ2n) is 6.88. The molecule has 0 saturated heterocycles. The van der Waals surface area contributed by atoms with Gasteiger partial charge >= 0.3 is 0 Å². The minimum atomic E-state index is -0.239. The van der Waals surface area contributed by atoms with Crippen LogP contribution < -0.4 is 5.32 Å². The highest BCUT2D eigenvalue weighted by molar-refractivity contribution is 6.03. The number of carbonyl (C=O) groups is 1. The SMILES string of the molecule is O=C(Nc1ccc(-c2n[nH]c(C3CC3)n2)cc1)c1cc(-c2ccccc2)n[nH]1. The molecule has 1 aliphatic rings. The van der Waals surface area contributed by atoms with Crippen molar-refractivity contribution in [2.24, 2.45) is 0 Å². The van der Waals surface area contributed by atoms with Crippen molar-refractivity contribution in [2.75, 3.05) is 5.32 Å². The first-order chi connectivity index (χ1) is 13.8. The molecule has 28 heavy (non-hydrogen) atoms. The Labute approximate surface area is 161 Å². The van der Waals surface area contributed by atoms with Crippen molar-refractivity contribution >= 4 is 11.6 Å². The molecule has 0 radical (unpaired) electrons. The van der Waals surface area contributed by atoms with Crippen molar-refractivity contribution in [1.29, 1.82) is 0 Å². The van der Waals surface area contributed by atoms with Gasteiger partial charge in [0.25, 0.3) is 5.91 Å². The third-order valence-electron chi connectivity index (χ3n) is 4.76. The first kappa shape index (κ1) is 16.4. The third-order valence-corrected chi connectivity index (χ3v) is 4.76. The first-order valence-corrected chi connectivity index (χ1v) is 9.21. The maximum Gasteiger partial charge on any atom is 0.273 e. The summed E-state index contributed by atoms with van der Waals surface area (Å²) in [5.41, 5.74) is 3.71. The minimum Gasteiger partial charge on any atom is -0.321 e. The Bertz CT molecular complexity index is 1110. The Morgan fingerprint density at radius 2 is 1.71 bits per heavy atom. The lowest BCUT2D eigenvalue weighted by Gasteiger charge is -2.04. The number of nitrogens with one attached hydrogen (secondary N) is 3. The van der Waals surface area contributed by atoms with E-state index in [-0.39, 0.29) is 5.91 Å². The fourth-order valence-corrected chi connectivity index (χ4v) is 3.04. The normalized spacial score (nSPS) is 13.4. The number of benzene rings is 2. The standard InChI is InChI=1S/C21H18N6O/c28-21(18-12-17(24-25-18)13-4-2-1-3-5-13)22-16-10-8-15(9-11-16)20-23-19(26-27-20)14-6-7-14/h1-5,8-12,14H,6-7H2,(H,22,28)(H,24,25)(H,23,26,27). The topological polar surface area (TPSA) is 99.3 Å². The summed E-state index contributed by atoms with van der Waals surface area (Å²) in [5, 5.41) is 17.2. The van der Waals surface area contributed by atoms with Gasteiger partial charge in [0.1, 0.15) is 11.5 Å². The number of hydrogen-bond donors (Lipinski definition) is 3. The van der Waals surface area contributed by atoms with Gasteiger partial charge in [-0.1, -0.05) is 30.3 Å². The Morgan fingerprint density at radius 3 is 2.46 bits per heavy atom. The quantitative estimate of drug-likeness (QED) is 0.494. The summed E-state index contributed by atoms with van der Waals surface area (Å²) >= 11 is 0. The summed E-state index contributed by atoms with van der Waals surface area (Å²) in [6.07, 6.45) is 2.36. The van der Waals surface area contributed by atoms with Gasteiger partial charge in [-0.05, 0) is 43.2 Å². The predicted octanol–water partition coefficient (Wildman–Crippen LogP) is 3.99. The van der Waals surface area contributed by atoms with Crippen molar-refractivity contribution in [3.63, 3.8) is 0 Å². The van der Waals surface area contributed by atoms with Crippen molar-refractivity contribution < 1.29 is 4.79 Å². The number of amides is 1. The Balaban J connectivity index is 1.28. The summed E-state index contributed by atoms with van der Waals surface area (Å²) in [5.74, 6) is 1.94. The Hall–Kier alpha value is -3.74. The molecule has 138 valence electrons. The first-order valence-electron chi connectivity index (χ1n) is 9.21. The predicted molar refractivity (Wildman–Crippen MR) is 106 cm³/mol. The number of nitrogens with zero attached hydrogens (tertiary/aromatic N) is 3. The molecule has 3 N–H and O–H groups in total. The van der Waals surface area contributed by atoms with E-state index in [0.717, 1.165) is 22.6 Å².